The summed E-state index contributed by atoms with van der Waals surface area (Å²) in [6, 6.07) is 8.58. The number of nitrogens with one attached hydrogen (secondary N) is 1. The summed E-state index contributed by atoms with van der Waals surface area (Å²) in [5, 5.41) is 2.39. The molecule has 2 amide bonds. The summed E-state index contributed by atoms with van der Waals surface area (Å²) in [4.78, 5) is 23.6. The lowest BCUT2D eigenvalue weighted by Gasteiger charge is -2.16. The van der Waals surface area contributed by atoms with E-state index in [2.05, 4.69) is 21.2 Å². The lowest BCUT2D eigenvalue weighted by Crippen LogP contribution is -2.45. The normalized spacial score (nSPS) is 11.8. The molecule has 2 aromatic carbocycles. The van der Waals surface area contributed by atoms with E-state index < -0.39 is 29.5 Å². The highest BCUT2D eigenvalue weighted by Crippen LogP contribution is 2.14. The third-order valence-electron chi connectivity index (χ3n) is 3.10. The number of carbonyl (C=O) groups is 2. The first-order valence-electron chi connectivity index (χ1n) is 6.66. The summed E-state index contributed by atoms with van der Waals surface area (Å²) >= 11 is 3.31. The molecule has 0 bridgehead atoms. The van der Waals surface area contributed by atoms with Crippen LogP contribution in [0.5, 0.6) is 0 Å². The van der Waals surface area contributed by atoms with Gasteiger partial charge in [0.2, 0.25) is 5.91 Å². The Morgan fingerprint density at radius 2 is 1.78 bits per heavy atom. The molecule has 7 heteroatoms. The van der Waals surface area contributed by atoms with Gasteiger partial charge in [-0.1, -0.05) is 28.1 Å². The predicted octanol–water partition coefficient (Wildman–Crippen LogP) is 2.55. The van der Waals surface area contributed by atoms with Crippen LogP contribution in [0.15, 0.2) is 46.9 Å². The molecule has 23 heavy (non-hydrogen) atoms. The molecule has 0 unspecified atom stereocenters. The highest BCUT2D eigenvalue weighted by atomic mass is 79.9. The Morgan fingerprint density at radius 1 is 1.13 bits per heavy atom. The van der Waals surface area contributed by atoms with Crippen LogP contribution >= 0.6 is 15.9 Å². The van der Waals surface area contributed by atoms with E-state index in [4.69, 9.17) is 5.73 Å². The fraction of sp³-hybridized carbons (Fsp3) is 0.125. The monoisotopic (exact) mass is 382 g/mol. The van der Waals surface area contributed by atoms with Crippen LogP contribution in [-0.2, 0) is 11.2 Å². The maximum absolute atomic E-state index is 13.2. The van der Waals surface area contributed by atoms with E-state index in [1.165, 1.54) is 0 Å². The van der Waals surface area contributed by atoms with Gasteiger partial charge in [0.1, 0.15) is 17.7 Å². The Labute approximate surface area is 139 Å². The average Bonchev–Trinajstić information content (AvgIpc) is 2.45. The van der Waals surface area contributed by atoms with Gasteiger partial charge in [0.25, 0.3) is 5.91 Å². The molecule has 0 aromatic heterocycles. The summed E-state index contributed by atoms with van der Waals surface area (Å²) in [5.41, 5.74) is 5.85. The fourth-order valence-electron chi connectivity index (χ4n) is 2.05. The molecular weight excluding hydrogens is 370 g/mol. The first-order chi connectivity index (χ1) is 10.8. The second-order valence-electron chi connectivity index (χ2n) is 4.92. The molecular formula is C16H13BrF2N2O2. The van der Waals surface area contributed by atoms with Crippen molar-refractivity contribution in [3.8, 4) is 0 Å². The summed E-state index contributed by atoms with van der Waals surface area (Å²) in [7, 11) is 0. The van der Waals surface area contributed by atoms with E-state index >= 15 is 0 Å². The number of halogens is 3. The smallest absolute Gasteiger partial charge is 0.252 e. The number of benzene rings is 2. The average molecular weight is 383 g/mol. The number of hydrogen-bond donors (Lipinski definition) is 2. The van der Waals surface area contributed by atoms with Crippen LogP contribution in [0.1, 0.15) is 15.9 Å². The molecule has 0 heterocycles. The molecule has 2 rings (SSSR count). The Hall–Kier alpha value is -2.28. The van der Waals surface area contributed by atoms with Gasteiger partial charge in [-0.2, -0.15) is 0 Å². The zero-order valence-electron chi connectivity index (χ0n) is 11.9. The van der Waals surface area contributed by atoms with Crippen LogP contribution in [0.4, 0.5) is 8.78 Å². The van der Waals surface area contributed by atoms with Gasteiger partial charge < -0.3 is 11.1 Å². The van der Waals surface area contributed by atoms with Gasteiger partial charge in [0, 0.05) is 22.5 Å². The van der Waals surface area contributed by atoms with Crippen molar-refractivity contribution < 1.29 is 18.4 Å². The van der Waals surface area contributed by atoms with Gasteiger partial charge >= 0.3 is 0 Å². The molecule has 0 saturated carbocycles. The van der Waals surface area contributed by atoms with Crippen molar-refractivity contribution in [1.82, 2.24) is 5.32 Å². The lowest BCUT2D eigenvalue weighted by atomic mass is 10.0. The number of nitrogens with two attached hydrogens (primary N) is 1. The summed E-state index contributed by atoms with van der Waals surface area (Å²) in [5.74, 6) is -3.27. The minimum Gasteiger partial charge on any atom is -0.368 e. The van der Waals surface area contributed by atoms with Crippen molar-refractivity contribution in [2.75, 3.05) is 0 Å². The molecule has 1 atom stereocenters. The number of carbonyl (C=O) groups excluding carboxylic acids is 2. The maximum Gasteiger partial charge on any atom is 0.252 e. The molecule has 0 aliphatic carbocycles. The van der Waals surface area contributed by atoms with E-state index in [-0.39, 0.29) is 12.0 Å². The molecule has 0 aliphatic rings. The van der Waals surface area contributed by atoms with Crippen molar-refractivity contribution in [3.05, 3.63) is 69.7 Å². The molecule has 0 saturated heterocycles. The third-order valence-corrected chi connectivity index (χ3v) is 3.60. The van der Waals surface area contributed by atoms with Crippen molar-refractivity contribution in [1.29, 1.82) is 0 Å². The minimum atomic E-state index is -0.997. The molecule has 0 fully saturated rings. The second-order valence-corrected chi connectivity index (χ2v) is 5.84. The number of hydrogen-bond acceptors (Lipinski definition) is 2. The SMILES string of the molecule is NC(=O)[C@@H](Cc1cccc(Br)c1)NC(=O)c1cc(F)cc(F)c1. The van der Waals surface area contributed by atoms with Gasteiger partial charge in [-0.05, 0) is 29.8 Å². The van der Waals surface area contributed by atoms with Crippen LogP contribution < -0.4 is 11.1 Å². The zero-order valence-corrected chi connectivity index (χ0v) is 13.4. The summed E-state index contributed by atoms with van der Waals surface area (Å²) in [6.45, 7) is 0. The van der Waals surface area contributed by atoms with Crippen LogP contribution in [0.2, 0.25) is 0 Å². The minimum absolute atomic E-state index is 0.165. The first-order valence-corrected chi connectivity index (χ1v) is 7.45. The second kappa shape index (κ2) is 7.32. The van der Waals surface area contributed by atoms with Gasteiger partial charge in [-0.3, -0.25) is 9.59 Å². The van der Waals surface area contributed by atoms with Crippen LogP contribution in [0.25, 0.3) is 0 Å². The van der Waals surface area contributed by atoms with Crippen LogP contribution in [-0.4, -0.2) is 17.9 Å². The van der Waals surface area contributed by atoms with Crippen LogP contribution in [0.3, 0.4) is 0 Å². The Kier molecular flexibility index (Phi) is 5.44. The van der Waals surface area contributed by atoms with Crippen molar-refractivity contribution in [2.45, 2.75) is 12.5 Å². The van der Waals surface area contributed by atoms with E-state index in [1.807, 2.05) is 6.07 Å². The van der Waals surface area contributed by atoms with E-state index in [0.29, 0.717) is 6.07 Å². The molecule has 2 aromatic rings. The summed E-state index contributed by atoms with van der Waals surface area (Å²) in [6.07, 6.45) is 0.165. The highest BCUT2D eigenvalue weighted by Gasteiger charge is 2.20. The molecule has 0 spiro atoms. The van der Waals surface area contributed by atoms with E-state index in [1.54, 1.807) is 18.2 Å². The number of rotatable bonds is 5. The van der Waals surface area contributed by atoms with Crippen molar-refractivity contribution in [2.24, 2.45) is 5.73 Å². The maximum atomic E-state index is 13.2. The Morgan fingerprint density at radius 3 is 2.35 bits per heavy atom. The summed E-state index contributed by atoms with van der Waals surface area (Å²) < 4.78 is 27.1. The highest BCUT2D eigenvalue weighted by molar-refractivity contribution is 9.10. The largest absolute Gasteiger partial charge is 0.368 e. The van der Waals surface area contributed by atoms with Gasteiger partial charge in [0.15, 0.2) is 0 Å². The van der Waals surface area contributed by atoms with Crippen molar-refractivity contribution >= 4 is 27.7 Å². The van der Waals surface area contributed by atoms with E-state index in [9.17, 15) is 18.4 Å². The molecule has 120 valence electrons. The third kappa shape index (κ3) is 4.85. The Bertz CT molecular complexity index is 732. The first kappa shape index (κ1) is 17.1. The van der Waals surface area contributed by atoms with Crippen LogP contribution in [0, 0.1) is 11.6 Å². The number of primary amides is 1. The standard InChI is InChI=1S/C16H13BrF2N2O2/c17-11-3-1-2-9(4-11)5-14(15(20)22)21-16(23)10-6-12(18)8-13(19)7-10/h1-4,6-8,14H,5H2,(H2,20,22)(H,21,23)/t14-/m1/s1. The number of amides is 2. The predicted molar refractivity (Wildman–Crippen MR) is 84.7 cm³/mol. The Balaban J connectivity index is 2.15. The van der Waals surface area contributed by atoms with Gasteiger partial charge in [-0.25, -0.2) is 8.78 Å². The molecule has 3 N–H and O–H groups in total. The topological polar surface area (TPSA) is 72.2 Å². The quantitative estimate of drug-likeness (QED) is 0.833. The zero-order chi connectivity index (χ0) is 17.0. The molecule has 0 radical (unpaired) electrons. The van der Waals surface area contributed by atoms with Crippen molar-refractivity contribution in [3.63, 3.8) is 0 Å². The van der Waals surface area contributed by atoms with E-state index in [0.717, 1.165) is 22.2 Å². The molecule has 4 nitrogen and oxygen atoms in total. The molecule has 0 aliphatic heterocycles. The van der Waals surface area contributed by atoms with Gasteiger partial charge in [0.05, 0.1) is 0 Å². The van der Waals surface area contributed by atoms with Gasteiger partial charge in [-0.15, -0.1) is 0 Å². The fourth-order valence-corrected chi connectivity index (χ4v) is 2.50. The lowest BCUT2D eigenvalue weighted by molar-refractivity contribution is -0.119.